The van der Waals surface area contributed by atoms with Crippen LogP contribution in [0.25, 0.3) is 0 Å². The summed E-state index contributed by atoms with van der Waals surface area (Å²) in [6.45, 7) is 7.12. The number of aliphatic hydroxyl groups is 2. The van der Waals surface area contributed by atoms with Crippen molar-refractivity contribution in [2.45, 2.75) is 59.0 Å². The van der Waals surface area contributed by atoms with Gasteiger partial charge >= 0.3 is 0 Å². The highest BCUT2D eigenvalue weighted by molar-refractivity contribution is 5.19. The molecule has 3 aliphatic rings. The zero-order valence-electron chi connectivity index (χ0n) is 11.4. The molecule has 98 valence electrons. The normalized spacial score (nSPS) is 61.6. The minimum atomic E-state index is -0.205. The molecule has 2 N–H and O–H groups in total. The molecule has 0 aliphatic heterocycles. The summed E-state index contributed by atoms with van der Waals surface area (Å²) in [5.41, 5.74) is 0.350. The molecule has 0 aromatic rings. The second-order valence-electron chi connectivity index (χ2n) is 7.62. The minimum absolute atomic E-state index is 0.0555. The average Bonchev–Trinajstić information content (AvgIpc) is 2.57. The van der Waals surface area contributed by atoms with E-state index in [-0.39, 0.29) is 23.5 Å². The Morgan fingerprint density at radius 1 is 1.06 bits per heavy atom. The first-order valence-electron chi connectivity index (χ1n) is 7.18. The Morgan fingerprint density at radius 3 is 2.41 bits per heavy atom. The highest BCUT2D eigenvalue weighted by atomic mass is 16.3. The van der Waals surface area contributed by atoms with Gasteiger partial charge in [0.25, 0.3) is 0 Å². The fourth-order valence-electron chi connectivity index (χ4n) is 5.71. The van der Waals surface area contributed by atoms with Gasteiger partial charge in [0.1, 0.15) is 0 Å². The highest BCUT2D eigenvalue weighted by Gasteiger charge is 2.71. The van der Waals surface area contributed by atoms with Crippen LogP contribution >= 0.6 is 0 Å². The van der Waals surface area contributed by atoms with E-state index in [2.05, 4.69) is 20.8 Å². The molecule has 3 saturated carbocycles. The van der Waals surface area contributed by atoms with E-state index in [9.17, 15) is 10.2 Å². The van der Waals surface area contributed by atoms with E-state index < -0.39 is 0 Å². The van der Waals surface area contributed by atoms with Gasteiger partial charge in [-0.25, -0.2) is 0 Å². The van der Waals surface area contributed by atoms with E-state index in [4.69, 9.17) is 0 Å². The van der Waals surface area contributed by atoms with Gasteiger partial charge in [-0.05, 0) is 53.8 Å². The van der Waals surface area contributed by atoms with Crippen LogP contribution in [-0.2, 0) is 0 Å². The van der Waals surface area contributed by atoms with Crippen molar-refractivity contribution in [1.82, 2.24) is 0 Å². The molecule has 4 bridgehead atoms. The quantitative estimate of drug-likeness (QED) is 0.737. The van der Waals surface area contributed by atoms with Crippen LogP contribution in [0, 0.1) is 28.1 Å². The number of aliphatic hydroxyl groups excluding tert-OH is 2. The van der Waals surface area contributed by atoms with Crippen LogP contribution in [0.3, 0.4) is 0 Å². The van der Waals surface area contributed by atoms with Crippen LogP contribution in [0.2, 0.25) is 0 Å². The van der Waals surface area contributed by atoms with E-state index in [0.717, 1.165) is 6.42 Å². The van der Waals surface area contributed by atoms with Crippen LogP contribution in [0.4, 0.5) is 0 Å². The predicted molar refractivity (Wildman–Crippen MR) is 67.5 cm³/mol. The maximum atomic E-state index is 10.8. The molecule has 0 spiro atoms. The second kappa shape index (κ2) is 3.27. The molecule has 17 heavy (non-hydrogen) atoms. The average molecular weight is 238 g/mol. The van der Waals surface area contributed by atoms with Crippen molar-refractivity contribution in [2.75, 3.05) is 6.61 Å². The molecule has 0 radical (unpaired) electrons. The van der Waals surface area contributed by atoms with Crippen LogP contribution in [-0.4, -0.2) is 22.9 Å². The summed E-state index contributed by atoms with van der Waals surface area (Å²) in [6.07, 6.45) is 5.74. The zero-order valence-corrected chi connectivity index (χ0v) is 11.4. The molecule has 3 aliphatic carbocycles. The lowest BCUT2D eigenvalue weighted by atomic mass is 9.62. The van der Waals surface area contributed by atoms with Crippen molar-refractivity contribution < 1.29 is 10.2 Å². The summed E-state index contributed by atoms with van der Waals surface area (Å²) in [4.78, 5) is 0. The molecule has 0 amide bonds. The second-order valence-corrected chi connectivity index (χ2v) is 7.62. The lowest BCUT2D eigenvalue weighted by molar-refractivity contribution is -0.0768. The Balaban J connectivity index is 2.10. The van der Waals surface area contributed by atoms with Gasteiger partial charge < -0.3 is 10.2 Å². The van der Waals surface area contributed by atoms with Gasteiger partial charge in [-0.1, -0.05) is 27.2 Å². The Kier molecular flexibility index (Phi) is 2.30. The molecule has 0 aromatic carbocycles. The monoisotopic (exact) mass is 238 g/mol. The summed E-state index contributed by atoms with van der Waals surface area (Å²) in [5, 5.41) is 20.6. The Labute approximate surface area is 104 Å². The van der Waals surface area contributed by atoms with Gasteiger partial charge in [0.15, 0.2) is 0 Å². The predicted octanol–water partition coefficient (Wildman–Crippen LogP) is 2.58. The third-order valence-electron chi connectivity index (χ3n) is 7.13. The summed E-state index contributed by atoms with van der Waals surface area (Å²) in [5.74, 6) is 0.945. The largest absolute Gasteiger partial charge is 0.396 e. The van der Waals surface area contributed by atoms with E-state index >= 15 is 0 Å². The molecular weight excluding hydrogens is 212 g/mol. The van der Waals surface area contributed by atoms with Crippen molar-refractivity contribution in [3.05, 3.63) is 0 Å². The van der Waals surface area contributed by atoms with E-state index in [1.165, 1.54) is 25.7 Å². The van der Waals surface area contributed by atoms with Gasteiger partial charge in [0.05, 0.1) is 6.10 Å². The maximum absolute atomic E-state index is 10.8. The molecule has 3 rings (SSSR count). The first kappa shape index (κ1) is 12.0. The number of hydrogen-bond acceptors (Lipinski definition) is 2. The van der Waals surface area contributed by atoms with Crippen LogP contribution in [0.5, 0.6) is 0 Å². The molecule has 5 unspecified atom stereocenters. The fraction of sp³-hybridized carbons (Fsp3) is 1.00. The van der Waals surface area contributed by atoms with Gasteiger partial charge in [0.2, 0.25) is 0 Å². The SMILES string of the molecule is CC12CCC3C(C1O)[C@](C)(CO)CCCC32C. The third-order valence-corrected chi connectivity index (χ3v) is 7.13. The summed E-state index contributed by atoms with van der Waals surface area (Å²) in [6, 6.07) is 0. The Hall–Kier alpha value is -0.0800. The smallest absolute Gasteiger partial charge is 0.0636 e. The molecule has 0 aromatic heterocycles. The number of hydrogen-bond donors (Lipinski definition) is 2. The fourth-order valence-corrected chi connectivity index (χ4v) is 5.71. The van der Waals surface area contributed by atoms with Crippen molar-refractivity contribution in [3.8, 4) is 0 Å². The van der Waals surface area contributed by atoms with Crippen molar-refractivity contribution in [2.24, 2.45) is 28.1 Å². The first-order chi connectivity index (χ1) is 7.89. The van der Waals surface area contributed by atoms with Gasteiger partial charge in [-0.2, -0.15) is 0 Å². The van der Waals surface area contributed by atoms with E-state index in [0.29, 0.717) is 17.3 Å². The van der Waals surface area contributed by atoms with Crippen LogP contribution in [0.1, 0.15) is 52.9 Å². The topological polar surface area (TPSA) is 40.5 Å². The van der Waals surface area contributed by atoms with Crippen LogP contribution in [0.15, 0.2) is 0 Å². The Bertz CT molecular complexity index is 342. The van der Waals surface area contributed by atoms with Crippen molar-refractivity contribution in [3.63, 3.8) is 0 Å². The van der Waals surface area contributed by atoms with Crippen molar-refractivity contribution in [1.29, 1.82) is 0 Å². The maximum Gasteiger partial charge on any atom is 0.0636 e. The van der Waals surface area contributed by atoms with Gasteiger partial charge in [0, 0.05) is 6.61 Å². The molecule has 0 saturated heterocycles. The number of rotatable bonds is 1. The third kappa shape index (κ3) is 1.14. The van der Waals surface area contributed by atoms with E-state index in [1.54, 1.807) is 0 Å². The van der Waals surface area contributed by atoms with E-state index in [1.807, 2.05) is 0 Å². The molecule has 2 nitrogen and oxygen atoms in total. The summed E-state index contributed by atoms with van der Waals surface area (Å²) >= 11 is 0. The zero-order chi connectivity index (χ0) is 12.5. The molecule has 0 heterocycles. The summed E-state index contributed by atoms with van der Waals surface area (Å²) in [7, 11) is 0. The van der Waals surface area contributed by atoms with Crippen molar-refractivity contribution >= 4 is 0 Å². The molecule has 3 fully saturated rings. The standard InChI is InChI=1S/C15H26O2/c1-13(9-16)6-4-7-14(2)10-5-8-15(14,3)12(17)11(10)13/h10-12,16-17H,4-9H2,1-3H3/t10?,11?,12?,13-,14?,15?/m0/s1. The van der Waals surface area contributed by atoms with Crippen LogP contribution < -0.4 is 0 Å². The molecule has 2 heteroatoms. The van der Waals surface area contributed by atoms with Gasteiger partial charge in [-0.15, -0.1) is 0 Å². The lowest BCUT2D eigenvalue weighted by Crippen LogP contribution is -2.46. The highest BCUT2D eigenvalue weighted by Crippen LogP contribution is 2.74. The lowest BCUT2D eigenvalue weighted by Gasteiger charge is -2.45. The first-order valence-corrected chi connectivity index (χ1v) is 7.18. The summed E-state index contributed by atoms with van der Waals surface area (Å²) < 4.78 is 0. The molecular formula is C15H26O2. The van der Waals surface area contributed by atoms with Gasteiger partial charge in [-0.3, -0.25) is 0 Å². The molecule has 6 atom stereocenters. The minimum Gasteiger partial charge on any atom is -0.396 e. The Morgan fingerprint density at radius 2 is 1.76 bits per heavy atom.